The highest BCUT2D eigenvalue weighted by Gasteiger charge is 2.20. The van der Waals surface area contributed by atoms with Gasteiger partial charge in [-0.25, -0.2) is 8.42 Å². The molecule has 1 aliphatic rings. The molecule has 0 spiro atoms. The van der Waals surface area contributed by atoms with Gasteiger partial charge in [-0.05, 0) is 25.3 Å². The summed E-state index contributed by atoms with van der Waals surface area (Å²) in [5.41, 5.74) is 0.0512. The molecule has 2 rings (SSSR count). The average Bonchev–Trinajstić information content (AvgIpc) is 2.68. The predicted molar refractivity (Wildman–Crippen MR) is 117 cm³/mol. The van der Waals surface area contributed by atoms with E-state index in [2.05, 4.69) is 5.32 Å². The van der Waals surface area contributed by atoms with Crippen LogP contribution in [0.4, 0.5) is 11.4 Å². The summed E-state index contributed by atoms with van der Waals surface area (Å²) in [5, 5.41) is 14.5. The van der Waals surface area contributed by atoms with E-state index in [-0.39, 0.29) is 30.2 Å². The van der Waals surface area contributed by atoms with Gasteiger partial charge in [0.15, 0.2) is 0 Å². The van der Waals surface area contributed by atoms with Crippen LogP contribution in [0.25, 0.3) is 0 Å². The van der Waals surface area contributed by atoms with Crippen molar-refractivity contribution in [1.29, 1.82) is 0 Å². The van der Waals surface area contributed by atoms with Gasteiger partial charge >= 0.3 is 0 Å². The Balaban J connectivity index is 1.77. The summed E-state index contributed by atoms with van der Waals surface area (Å²) in [4.78, 5) is 22.4. The van der Waals surface area contributed by atoms with Crippen molar-refractivity contribution in [2.45, 2.75) is 50.2 Å². The van der Waals surface area contributed by atoms with Gasteiger partial charge < -0.3 is 5.32 Å². The molecule has 162 valence electrons. The summed E-state index contributed by atoms with van der Waals surface area (Å²) in [6.07, 6.45) is 8.03. The highest BCUT2D eigenvalue weighted by Crippen LogP contribution is 2.27. The van der Waals surface area contributed by atoms with Crippen LogP contribution < -0.4 is 9.62 Å². The SMILES string of the molecule is CS(=O)(=O)N(CCCC(=O)NCCSC1CCCCC1)c1cccc([N+](=O)[O-])c1. The number of nitro groups is 1. The highest BCUT2D eigenvalue weighted by molar-refractivity contribution is 7.99. The first-order valence-electron chi connectivity index (χ1n) is 9.88. The molecule has 8 nitrogen and oxygen atoms in total. The van der Waals surface area contributed by atoms with Crippen LogP contribution in [-0.4, -0.2) is 49.6 Å². The largest absolute Gasteiger partial charge is 0.355 e. The van der Waals surface area contributed by atoms with Crippen molar-refractivity contribution in [2.75, 3.05) is 29.4 Å². The molecule has 1 aromatic rings. The third-order valence-corrected chi connectivity index (χ3v) is 7.40. The molecule has 0 atom stereocenters. The molecule has 1 amide bonds. The Kier molecular flexibility index (Phi) is 9.22. The number of non-ortho nitro benzene ring substituents is 1. The first-order valence-corrected chi connectivity index (χ1v) is 12.8. The maximum absolute atomic E-state index is 12.1. The van der Waals surface area contributed by atoms with Crippen LogP contribution in [-0.2, 0) is 14.8 Å². The number of anilines is 1. The molecule has 0 bridgehead atoms. The molecular weight excluding hydrogens is 414 g/mol. The fourth-order valence-corrected chi connectivity index (χ4v) is 5.54. The lowest BCUT2D eigenvalue weighted by molar-refractivity contribution is -0.384. The lowest BCUT2D eigenvalue weighted by atomic mass is 10.0. The number of carbonyl (C=O) groups excluding carboxylic acids is 1. The molecule has 10 heteroatoms. The molecular formula is C19H29N3O5S2. The predicted octanol–water partition coefficient (Wildman–Crippen LogP) is 3.32. The zero-order chi connectivity index (χ0) is 21.3. The van der Waals surface area contributed by atoms with Gasteiger partial charge in [0.2, 0.25) is 15.9 Å². The molecule has 1 N–H and O–H groups in total. The monoisotopic (exact) mass is 443 g/mol. The van der Waals surface area contributed by atoms with Gasteiger partial charge in [0.1, 0.15) is 0 Å². The number of benzene rings is 1. The Morgan fingerprint density at radius 3 is 2.69 bits per heavy atom. The second kappa shape index (κ2) is 11.4. The van der Waals surface area contributed by atoms with Gasteiger partial charge in [-0.15, -0.1) is 0 Å². The molecule has 1 aromatic carbocycles. The van der Waals surface area contributed by atoms with Crippen molar-refractivity contribution in [3.8, 4) is 0 Å². The van der Waals surface area contributed by atoms with Crippen LogP contribution >= 0.6 is 11.8 Å². The van der Waals surface area contributed by atoms with E-state index in [0.29, 0.717) is 18.2 Å². The van der Waals surface area contributed by atoms with Crippen LogP contribution in [0.3, 0.4) is 0 Å². The molecule has 0 aliphatic heterocycles. The van der Waals surface area contributed by atoms with Crippen molar-refractivity contribution in [3.05, 3.63) is 34.4 Å². The van der Waals surface area contributed by atoms with E-state index in [1.807, 2.05) is 11.8 Å². The van der Waals surface area contributed by atoms with Gasteiger partial charge in [0, 0.05) is 42.6 Å². The topological polar surface area (TPSA) is 110 Å². The van der Waals surface area contributed by atoms with E-state index in [1.54, 1.807) is 0 Å². The molecule has 0 heterocycles. The van der Waals surface area contributed by atoms with E-state index in [1.165, 1.54) is 56.4 Å². The number of amides is 1. The summed E-state index contributed by atoms with van der Waals surface area (Å²) in [6, 6.07) is 5.49. The summed E-state index contributed by atoms with van der Waals surface area (Å²) in [5.74, 6) is 0.779. The average molecular weight is 444 g/mol. The number of sulfonamides is 1. The van der Waals surface area contributed by atoms with Crippen LogP contribution in [0.5, 0.6) is 0 Å². The van der Waals surface area contributed by atoms with Crippen molar-refractivity contribution >= 4 is 39.1 Å². The molecule has 29 heavy (non-hydrogen) atoms. The normalized spacial score (nSPS) is 15.1. The molecule has 1 fully saturated rings. The van der Waals surface area contributed by atoms with Crippen molar-refractivity contribution in [3.63, 3.8) is 0 Å². The van der Waals surface area contributed by atoms with Crippen molar-refractivity contribution in [2.24, 2.45) is 0 Å². The highest BCUT2D eigenvalue weighted by atomic mass is 32.2. The van der Waals surface area contributed by atoms with Crippen LogP contribution in [0.1, 0.15) is 44.9 Å². The number of nitro benzene ring substituents is 1. The zero-order valence-corrected chi connectivity index (χ0v) is 18.3. The number of nitrogens with one attached hydrogen (secondary N) is 1. The Bertz CT molecular complexity index is 795. The Hall–Kier alpha value is -1.81. The molecule has 0 saturated heterocycles. The summed E-state index contributed by atoms with van der Waals surface area (Å²) in [7, 11) is -3.62. The minimum Gasteiger partial charge on any atom is -0.355 e. The third kappa shape index (κ3) is 8.22. The van der Waals surface area contributed by atoms with Gasteiger partial charge in [-0.3, -0.25) is 19.2 Å². The zero-order valence-electron chi connectivity index (χ0n) is 16.7. The fraction of sp³-hybridized carbons (Fsp3) is 0.632. The van der Waals surface area contributed by atoms with Crippen molar-refractivity contribution < 1.29 is 18.1 Å². The van der Waals surface area contributed by atoms with E-state index in [0.717, 1.165) is 16.3 Å². The number of nitrogens with zero attached hydrogens (tertiary/aromatic N) is 2. The quantitative estimate of drug-likeness (QED) is 0.319. The first-order chi connectivity index (χ1) is 13.8. The van der Waals surface area contributed by atoms with Gasteiger partial charge in [0.25, 0.3) is 5.69 Å². The maximum atomic E-state index is 12.1. The summed E-state index contributed by atoms with van der Waals surface area (Å²) >= 11 is 1.92. The molecule has 0 unspecified atom stereocenters. The maximum Gasteiger partial charge on any atom is 0.271 e. The van der Waals surface area contributed by atoms with Crippen LogP contribution in [0.15, 0.2) is 24.3 Å². The van der Waals surface area contributed by atoms with Gasteiger partial charge in [-0.2, -0.15) is 11.8 Å². The smallest absolute Gasteiger partial charge is 0.271 e. The first kappa shape index (κ1) is 23.5. The van der Waals surface area contributed by atoms with E-state index < -0.39 is 14.9 Å². The Morgan fingerprint density at radius 2 is 2.03 bits per heavy atom. The summed E-state index contributed by atoms with van der Waals surface area (Å²) in [6.45, 7) is 0.699. The van der Waals surface area contributed by atoms with Gasteiger partial charge in [0.05, 0.1) is 16.9 Å². The Labute approximate surface area is 176 Å². The fourth-order valence-electron chi connectivity index (χ4n) is 3.37. The lowest BCUT2D eigenvalue weighted by Gasteiger charge is -2.22. The minimum absolute atomic E-state index is 0.0875. The number of hydrogen-bond acceptors (Lipinski definition) is 6. The van der Waals surface area contributed by atoms with Crippen LogP contribution in [0.2, 0.25) is 0 Å². The molecule has 1 saturated carbocycles. The summed E-state index contributed by atoms with van der Waals surface area (Å²) < 4.78 is 25.3. The molecule has 1 aliphatic carbocycles. The molecule has 0 aromatic heterocycles. The van der Waals surface area contributed by atoms with E-state index in [4.69, 9.17) is 0 Å². The van der Waals surface area contributed by atoms with Gasteiger partial charge in [-0.1, -0.05) is 25.3 Å². The Morgan fingerprint density at radius 1 is 1.31 bits per heavy atom. The number of rotatable bonds is 11. The number of thioether (sulfide) groups is 1. The van der Waals surface area contributed by atoms with Crippen LogP contribution in [0, 0.1) is 10.1 Å². The standard InChI is InChI=1S/C19H29N3O5S2/c1-29(26,27)21(16-7-5-8-17(15-16)22(24)25)13-6-11-19(23)20-12-14-28-18-9-3-2-4-10-18/h5,7-8,15,18H,2-4,6,9-14H2,1H3,(H,20,23). The minimum atomic E-state index is -3.62. The second-order valence-electron chi connectivity index (χ2n) is 7.20. The number of hydrogen-bond donors (Lipinski definition) is 1. The number of carbonyl (C=O) groups is 1. The van der Waals surface area contributed by atoms with E-state index >= 15 is 0 Å². The second-order valence-corrected chi connectivity index (χ2v) is 10.5. The third-order valence-electron chi connectivity index (χ3n) is 4.82. The molecule has 0 radical (unpaired) electrons. The lowest BCUT2D eigenvalue weighted by Crippen LogP contribution is -2.32. The van der Waals surface area contributed by atoms with E-state index in [9.17, 15) is 23.3 Å². The van der Waals surface area contributed by atoms with Crippen molar-refractivity contribution in [1.82, 2.24) is 5.32 Å².